The molecule has 14 aromatic rings. The highest BCUT2D eigenvalue weighted by Gasteiger charge is 2.21. The zero-order valence-electron chi connectivity index (χ0n) is 34.2. The van der Waals surface area contributed by atoms with Crippen molar-refractivity contribution in [2.24, 2.45) is 0 Å². The van der Waals surface area contributed by atoms with E-state index in [2.05, 4.69) is 238 Å². The fraction of sp³-hybridized carbons (Fsp3) is 0. The van der Waals surface area contributed by atoms with Crippen LogP contribution in [-0.4, -0.2) is 13.5 Å². The van der Waals surface area contributed by atoms with Gasteiger partial charge < -0.3 is 13.5 Å². The first-order chi connectivity index (χ1) is 31.3. The van der Waals surface area contributed by atoms with Gasteiger partial charge in [0.1, 0.15) is 0 Å². The maximum absolute atomic E-state index is 2.52. The summed E-state index contributed by atoms with van der Waals surface area (Å²) < 4.78 is 7.42. The van der Waals surface area contributed by atoms with Crippen molar-refractivity contribution < 1.29 is 0 Å². The van der Waals surface area contributed by atoms with Crippen molar-refractivity contribution in [3.8, 4) is 22.5 Å². The Labute approximate surface area is 362 Å². The maximum atomic E-state index is 2.52. The molecule has 0 bridgehead atoms. The fourth-order valence-electron chi connectivity index (χ4n) is 11.0. The molecule has 0 atom stereocenters. The summed E-state index contributed by atoms with van der Waals surface area (Å²) in [6, 6.07) is 83.0. The van der Waals surface area contributed by atoms with Crippen molar-refractivity contribution >= 4 is 103 Å². The SMILES string of the molecule is c1ccc(-n2c3ccccc3c3cc(-n4c5ccccc5c5ccccc54)ccc32)c(-c2cc3c4ccccc4c4ccccc4c4ccccc4n4c5ccccc5c(c2)c34)c1. The molecule has 0 saturated carbocycles. The number of hydrogen-bond acceptors (Lipinski definition) is 0. The Kier molecular flexibility index (Phi) is 7.11. The Balaban J connectivity index is 1.09. The van der Waals surface area contributed by atoms with E-state index in [0.717, 1.165) is 11.4 Å². The van der Waals surface area contributed by atoms with Crippen molar-refractivity contribution in [2.75, 3.05) is 0 Å². The summed E-state index contributed by atoms with van der Waals surface area (Å²) in [4.78, 5) is 0. The minimum atomic E-state index is 1.15. The van der Waals surface area contributed by atoms with E-state index in [4.69, 9.17) is 0 Å². The molecule has 4 aromatic heterocycles. The van der Waals surface area contributed by atoms with E-state index in [1.165, 1.54) is 114 Å². The predicted molar refractivity (Wildman–Crippen MR) is 268 cm³/mol. The number of hydrogen-bond donors (Lipinski definition) is 0. The number of nitrogens with zero attached hydrogens (tertiary/aromatic N) is 3. The van der Waals surface area contributed by atoms with E-state index in [1.54, 1.807) is 0 Å². The van der Waals surface area contributed by atoms with Gasteiger partial charge in [0, 0.05) is 54.3 Å². The van der Waals surface area contributed by atoms with Gasteiger partial charge in [0.25, 0.3) is 0 Å². The molecule has 4 heterocycles. The predicted octanol–water partition coefficient (Wildman–Crippen LogP) is 16.1. The molecule has 3 heteroatoms. The topological polar surface area (TPSA) is 14.3 Å². The van der Waals surface area contributed by atoms with Gasteiger partial charge >= 0.3 is 0 Å². The van der Waals surface area contributed by atoms with E-state index in [9.17, 15) is 0 Å². The summed E-state index contributed by atoms with van der Waals surface area (Å²) >= 11 is 0. The van der Waals surface area contributed by atoms with Crippen LogP contribution in [0.3, 0.4) is 0 Å². The lowest BCUT2D eigenvalue weighted by molar-refractivity contribution is 1.17. The van der Waals surface area contributed by atoms with Gasteiger partial charge in [-0.1, -0.05) is 158 Å². The molecule has 0 radical (unpaired) electrons. The summed E-state index contributed by atoms with van der Waals surface area (Å²) in [5, 5.41) is 14.8. The van der Waals surface area contributed by atoms with Crippen LogP contribution in [0.5, 0.6) is 0 Å². The second-order valence-corrected chi connectivity index (χ2v) is 16.8. The van der Waals surface area contributed by atoms with Crippen LogP contribution in [0.4, 0.5) is 0 Å². The minimum absolute atomic E-state index is 1.15. The molecule has 0 saturated heterocycles. The smallest absolute Gasteiger partial charge is 0.0620 e. The molecule has 0 aliphatic heterocycles. The number of para-hydroxylation sites is 6. The van der Waals surface area contributed by atoms with Crippen LogP contribution in [0.2, 0.25) is 0 Å². The molecule has 63 heavy (non-hydrogen) atoms. The molecule has 0 spiro atoms. The Morgan fingerprint density at radius 1 is 0.238 bits per heavy atom. The van der Waals surface area contributed by atoms with Crippen LogP contribution in [-0.2, 0) is 0 Å². The molecule has 0 aliphatic rings. The highest BCUT2D eigenvalue weighted by atomic mass is 15.0. The van der Waals surface area contributed by atoms with E-state index in [1.807, 2.05) is 0 Å². The molecule has 3 nitrogen and oxygen atoms in total. The Bertz CT molecular complexity index is 4220. The highest BCUT2D eigenvalue weighted by molar-refractivity contribution is 6.26. The third-order valence-electron chi connectivity index (χ3n) is 13.6. The van der Waals surface area contributed by atoms with Crippen molar-refractivity contribution in [1.82, 2.24) is 13.5 Å². The largest absolute Gasteiger partial charge is 0.309 e. The lowest BCUT2D eigenvalue weighted by atomic mass is 9.96. The molecule has 0 fully saturated rings. The van der Waals surface area contributed by atoms with E-state index in [0.29, 0.717) is 0 Å². The van der Waals surface area contributed by atoms with Gasteiger partial charge in [0.2, 0.25) is 0 Å². The van der Waals surface area contributed by atoms with E-state index >= 15 is 0 Å². The zero-order chi connectivity index (χ0) is 41.2. The first-order valence-corrected chi connectivity index (χ1v) is 21.8. The van der Waals surface area contributed by atoms with E-state index in [-0.39, 0.29) is 0 Å². The average molecular weight is 800 g/mol. The van der Waals surface area contributed by atoms with Gasteiger partial charge in [-0.25, -0.2) is 0 Å². The molecule has 14 rings (SSSR count). The van der Waals surface area contributed by atoms with Gasteiger partial charge in [-0.2, -0.15) is 0 Å². The summed E-state index contributed by atoms with van der Waals surface area (Å²) in [6.07, 6.45) is 0. The molecule has 0 N–H and O–H groups in total. The zero-order valence-corrected chi connectivity index (χ0v) is 34.2. The standard InChI is InChI=1S/C60H37N3/c1-3-20-43-41(18-1)42-19-2-4-21-44(42)51-35-38(36-52-49-26-10-16-32-58(49)63(60(51)52)57-31-15-6-22-45(43)57)40-17-5-11-27-53(40)62-56-30-14-9-25-48(56)50-37-39(33-34-59(50)62)61-54-28-12-7-23-46(54)47-24-8-13-29-55(47)61/h1-37H. The van der Waals surface area contributed by atoms with E-state index < -0.39 is 0 Å². The van der Waals surface area contributed by atoms with Gasteiger partial charge in [0.15, 0.2) is 0 Å². The second kappa shape index (κ2) is 13.1. The quantitative estimate of drug-likeness (QED) is 0.169. The van der Waals surface area contributed by atoms with Gasteiger partial charge in [0.05, 0.1) is 44.3 Å². The summed E-state index contributed by atoms with van der Waals surface area (Å²) in [5.74, 6) is 0. The van der Waals surface area contributed by atoms with Crippen LogP contribution >= 0.6 is 0 Å². The van der Waals surface area contributed by atoms with Crippen LogP contribution in [0.15, 0.2) is 224 Å². The number of aromatic nitrogens is 3. The lowest BCUT2D eigenvalue weighted by Crippen LogP contribution is -1.98. The van der Waals surface area contributed by atoms with Crippen molar-refractivity contribution in [1.29, 1.82) is 0 Å². The van der Waals surface area contributed by atoms with Crippen LogP contribution in [0, 0.1) is 0 Å². The third-order valence-corrected chi connectivity index (χ3v) is 13.6. The van der Waals surface area contributed by atoms with Gasteiger partial charge in [-0.05, 0) is 93.8 Å². The normalized spacial score (nSPS) is 12.1. The van der Waals surface area contributed by atoms with Gasteiger partial charge in [-0.15, -0.1) is 0 Å². The van der Waals surface area contributed by atoms with Crippen molar-refractivity contribution in [3.63, 3.8) is 0 Å². The lowest BCUT2D eigenvalue weighted by Gasteiger charge is -2.15. The van der Waals surface area contributed by atoms with Crippen molar-refractivity contribution in [2.45, 2.75) is 0 Å². The Morgan fingerprint density at radius 2 is 0.603 bits per heavy atom. The summed E-state index contributed by atoms with van der Waals surface area (Å²) in [6.45, 7) is 0. The highest BCUT2D eigenvalue weighted by Crippen LogP contribution is 2.44. The first kappa shape index (κ1) is 34.3. The monoisotopic (exact) mass is 799 g/mol. The average Bonchev–Trinajstić information content (AvgIpc) is 4.00. The van der Waals surface area contributed by atoms with Crippen LogP contribution < -0.4 is 0 Å². The van der Waals surface area contributed by atoms with Crippen LogP contribution in [0.25, 0.3) is 126 Å². The molecule has 0 aliphatic carbocycles. The van der Waals surface area contributed by atoms with Crippen LogP contribution in [0.1, 0.15) is 0 Å². The third kappa shape index (κ3) is 4.79. The first-order valence-electron chi connectivity index (χ1n) is 21.8. The number of fused-ring (bicyclic) bond motifs is 16. The number of rotatable bonds is 3. The molecule has 0 unspecified atom stereocenters. The molecule has 10 aromatic carbocycles. The Morgan fingerprint density at radius 3 is 1.17 bits per heavy atom. The minimum Gasteiger partial charge on any atom is -0.309 e. The second-order valence-electron chi connectivity index (χ2n) is 16.8. The molecular weight excluding hydrogens is 763 g/mol. The summed E-state index contributed by atoms with van der Waals surface area (Å²) in [7, 11) is 0. The molecule has 292 valence electrons. The summed E-state index contributed by atoms with van der Waals surface area (Å²) in [5.41, 5.74) is 13.1. The molecular formula is C60H37N3. The molecule has 0 amide bonds. The fourth-order valence-corrected chi connectivity index (χ4v) is 11.0. The van der Waals surface area contributed by atoms with Crippen molar-refractivity contribution in [3.05, 3.63) is 224 Å². The Hall–Kier alpha value is -8.40. The van der Waals surface area contributed by atoms with Gasteiger partial charge in [-0.3, -0.25) is 0 Å². The number of benzene rings is 10. The maximum Gasteiger partial charge on any atom is 0.0620 e.